The lowest BCUT2D eigenvalue weighted by molar-refractivity contribution is 0.198. The molecule has 3 rings (SSSR count). The standard InChI is InChI=1S/C24H37N5O.HI/c1-4-20(5-2)23-16-22(30-28-23)17-26-24(25-6-3)27-21-12-14-29(15-13-21)18-19-10-8-7-9-11-19;/h7-11,16,20-21H,4-6,12-15,17-18H2,1-3H3,(H2,25,26,27);1H. The van der Waals surface area contributed by atoms with Gasteiger partial charge in [0.15, 0.2) is 11.7 Å². The second-order valence-electron chi connectivity index (χ2n) is 8.11. The van der Waals surface area contributed by atoms with E-state index in [1.807, 2.05) is 0 Å². The Hall–Kier alpha value is -1.61. The largest absolute Gasteiger partial charge is 0.359 e. The van der Waals surface area contributed by atoms with Crippen LogP contribution >= 0.6 is 24.0 Å². The zero-order valence-corrected chi connectivity index (χ0v) is 21.5. The second kappa shape index (κ2) is 13.7. The lowest BCUT2D eigenvalue weighted by atomic mass is 9.99. The van der Waals surface area contributed by atoms with Crippen LogP contribution in [0.4, 0.5) is 0 Å². The minimum absolute atomic E-state index is 0. The van der Waals surface area contributed by atoms with E-state index >= 15 is 0 Å². The highest BCUT2D eigenvalue weighted by atomic mass is 127. The Bertz CT molecular complexity index is 767. The minimum atomic E-state index is 0. The van der Waals surface area contributed by atoms with Gasteiger partial charge in [0, 0.05) is 44.2 Å². The Labute approximate surface area is 204 Å². The maximum atomic E-state index is 5.52. The lowest BCUT2D eigenvalue weighted by Crippen LogP contribution is -2.48. The number of aromatic nitrogens is 1. The van der Waals surface area contributed by atoms with Gasteiger partial charge in [0.05, 0.1) is 5.69 Å². The van der Waals surface area contributed by atoms with Crippen molar-refractivity contribution in [1.29, 1.82) is 0 Å². The van der Waals surface area contributed by atoms with Crippen LogP contribution < -0.4 is 10.6 Å². The van der Waals surface area contributed by atoms with E-state index in [-0.39, 0.29) is 24.0 Å². The summed E-state index contributed by atoms with van der Waals surface area (Å²) in [6.45, 7) is 11.1. The van der Waals surface area contributed by atoms with Gasteiger partial charge in [0.25, 0.3) is 0 Å². The summed E-state index contributed by atoms with van der Waals surface area (Å²) in [6, 6.07) is 13.2. The molecule has 0 radical (unpaired) electrons. The molecule has 0 unspecified atom stereocenters. The highest BCUT2D eigenvalue weighted by Crippen LogP contribution is 2.22. The number of nitrogens with one attached hydrogen (secondary N) is 2. The van der Waals surface area contributed by atoms with E-state index in [0.717, 1.165) is 69.3 Å². The second-order valence-corrected chi connectivity index (χ2v) is 8.11. The molecule has 0 aliphatic carbocycles. The van der Waals surface area contributed by atoms with E-state index in [1.54, 1.807) is 0 Å². The average Bonchev–Trinajstić information content (AvgIpc) is 3.24. The van der Waals surface area contributed by atoms with E-state index in [2.05, 4.69) is 77.9 Å². The average molecular weight is 540 g/mol. The molecular weight excluding hydrogens is 501 g/mol. The van der Waals surface area contributed by atoms with E-state index in [4.69, 9.17) is 9.52 Å². The Morgan fingerprint density at radius 2 is 1.87 bits per heavy atom. The number of hydrogen-bond donors (Lipinski definition) is 2. The van der Waals surface area contributed by atoms with Gasteiger partial charge >= 0.3 is 0 Å². The molecule has 1 aliphatic heterocycles. The number of aliphatic imine (C=N–C) groups is 1. The van der Waals surface area contributed by atoms with Crippen LogP contribution in [0.25, 0.3) is 0 Å². The van der Waals surface area contributed by atoms with E-state index in [9.17, 15) is 0 Å². The van der Waals surface area contributed by atoms with Gasteiger partial charge < -0.3 is 15.2 Å². The molecule has 1 saturated heterocycles. The molecule has 0 amide bonds. The van der Waals surface area contributed by atoms with Gasteiger partial charge in [0.1, 0.15) is 6.54 Å². The quantitative estimate of drug-likeness (QED) is 0.269. The fraction of sp³-hybridized carbons (Fsp3) is 0.583. The lowest BCUT2D eigenvalue weighted by Gasteiger charge is -2.33. The Balaban J connectivity index is 0.00000341. The van der Waals surface area contributed by atoms with Crippen molar-refractivity contribution in [2.24, 2.45) is 4.99 Å². The zero-order chi connectivity index (χ0) is 21.2. The Morgan fingerprint density at radius 1 is 1.16 bits per heavy atom. The summed E-state index contributed by atoms with van der Waals surface area (Å²) in [4.78, 5) is 7.27. The summed E-state index contributed by atoms with van der Waals surface area (Å²) < 4.78 is 5.52. The van der Waals surface area contributed by atoms with Crippen LogP contribution in [-0.4, -0.2) is 41.7 Å². The monoisotopic (exact) mass is 539 g/mol. The first-order valence-corrected chi connectivity index (χ1v) is 11.5. The van der Waals surface area contributed by atoms with Crippen LogP contribution in [-0.2, 0) is 13.1 Å². The van der Waals surface area contributed by atoms with Gasteiger partial charge in [-0.25, -0.2) is 4.99 Å². The number of piperidine rings is 1. The van der Waals surface area contributed by atoms with Crippen molar-refractivity contribution in [2.45, 2.75) is 71.5 Å². The molecule has 2 heterocycles. The van der Waals surface area contributed by atoms with Crippen molar-refractivity contribution in [3.63, 3.8) is 0 Å². The highest BCUT2D eigenvalue weighted by Gasteiger charge is 2.20. The molecule has 0 atom stereocenters. The number of benzene rings is 1. The van der Waals surface area contributed by atoms with Crippen LogP contribution in [0.2, 0.25) is 0 Å². The maximum Gasteiger partial charge on any atom is 0.191 e. The van der Waals surface area contributed by atoms with Crippen LogP contribution in [0, 0.1) is 0 Å². The molecule has 1 aromatic carbocycles. The van der Waals surface area contributed by atoms with E-state index in [0.29, 0.717) is 18.5 Å². The number of rotatable bonds is 9. The number of guanidine groups is 1. The summed E-state index contributed by atoms with van der Waals surface area (Å²) in [6.07, 6.45) is 4.41. The Kier molecular flexibility index (Phi) is 11.4. The van der Waals surface area contributed by atoms with E-state index < -0.39 is 0 Å². The third kappa shape index (κ3) is 8.11. The van der Waals surface area contributed by atoms with Crippen molar-refractivity contribution in [3.05, 3.63) is 53.4 Å². The molecule has 7 heteroatoms. The van der Waals surface area contributed by atoms with Crippen molar-refractivity contribution in [1.82, 2.24) is 20.7 Å². The van der Waals surface area contributed by atoms with Crippen LogP contribution in [0.3, 0.4) is 0 Å². The fourth-order valence-corrected chi connectivity index (χ4v) is 4.05. The number of halogens is 1. The smallest absolute Gasteiger partial charge is 0.191 e. The SMILES string of the molecule is CCNC(=NCc1cc(C(CC)CC)no1)NC1CCN(Cc2ccccc2)CC1.I. The highest BCUT2D eigenvalue weighted by molar-refractivity contribution is 14.0. The summed E-state index contributed by atoms with van der Waals surface area (Å²) in [5.41, 5.74) is 2.44. The number of likely N-dealkylation sites (tertiary alicyclic amines) is 1. The van der Waals surface area contributed by atoms with Gasteiger partial charge in [-0.3, -0.25) is 4.90 Å². The molecule has 31 heavy (non-hydrogen) atoms. The number of nitrogens with zero attached hydrogens (tertiary/aromatic N) is 3. The summed E-state index contributed by atoms with van der Waals surface area (Å²) in [5.74, 6) is 2.16. The normalized spacial score (nSPS) is 15.7. The molecule has 2 aromatic rings. The number of hydrogen-bond acceptors (Lipinski definition) is 4. The van der Waals surface area contributed by atoms with Gasteiger partial charge in [-0.05, 0) is 38.2 Å². The summed E-state index contributed by atoms with van der Waals surface area (Å²) in [7, 11) is 0. The fourth-order valence-electron chi connectivity index (χ4n) is 4.05. The zero-order valence-electron chi connectivity index (χ0n) is 19.1. The van der Waals surface area contributed by atoms with Crippen LogP contribution in [0.1, 0.15) is 69.4 Å². The van der Waals surface area contributed by atoms with Gasteiger partial charge in [-0.2, -0.15) is 0 Å². The molecule has 2 N–H and O–H groups in total. The molecule has 1 aromatic heterocycles. The third-order valence-corrected chi connectivity index (χ3v) is 5.90. The molecule has 1 fully saturated rings. The van der Waals surface area contributed by atoms with Crippen LogP contribution in [0.5, 0.6) is 0 Å². The predicted octanol–water partition coefficient (Wildman–Crippen LogP) is 4.92. The molecule has 6 nitrogen and oxygen atoms in total. The molecule has 0 spiro atoms. The van der Waals surface area contributed by atoms with Gasteiger partial charge in [0.2, 0.25) is 0 Å². The van der Waals surface area contributed by atoms with Crippen molar-refractivity contribution in [3.8, 4) is 0 Å². The topological polar surface area (TPSA) is 65.7 Å². The molecule has 1 aliphatic rings. The predicted molar refractivity (Wildman–Crippen MR) is 138 cm³/mol. The third-order valence-electron chi connectivity index (χ3n) is 5.90. The summed E-state index contributed by atoms with van der Waals surface area (Å²) >= 11 is 0. The Morgan fingerprint density at radius 3 is 2.52 bits per heavy atom. The van der Waals surface area contributed by atoms with E-state index in [1.165, 1.54) is 5.56 Å². The maximum absolute atomic E-state index is 5.52. The first-order chi connectivity index (χ1) is 14.7. The molecular formula is C24H38IN5O. The van der Waals surface area contributed by atoms with Gasteiger partial charge in [-0.1, -0.05) is 49.3 Å². The first kappa shape index (κ1) is 25.6. The van der Waals surface area contributed by atoms with Crippen LogP contribution in [0.15, 0.2) is 45.9 Å². The molecule has 172 valence electrons. The minimum Gasteiger partial charge on any atom is -0.359 e. The van der Waals surface area contributed by atoms with Crippen molar-refractivity contribution >= 4 is 29.9 Å². The van der Waals surface area contributed by atoms with Gasteiger partial charge in [-0.15, -0.1) is 24.0 Å². The van der Waals surface area contributed by atoms with Crippen molar-refractivity contribution in [2.75, 3.05) is 19.6 Å². The molecule has 0 bridgehead atoms. The molecule has 0 saturated carbocycles. The van der Waals surface area contributed by atoms with Crippen molar-refractivity contribution < 1.29 is 4.52 Å². The summed E-state index contributed by atoms with van der Waals surface area (Å²) in [5, 5.41) is 11.2. The first-order valence-electron chi connectivity index (χ1n) is 11.5.